The van der Waals surface area contributed by atoms with Crippen molar-refractivity contribution >= 4 is 16.9 Å². The molecule has 0 radical (unpaired) electrons. The second-order valence-electron chi connectivity index (χ2n) is 5.39. The lowest BCUT2D eigenvalue weighted by atomic mass is 9.93. The fourth-order valence-corrected chi connectivity index (χ4v) is 3.92. The summed E-state index contributed by atoms with van der Waals surface area (Å²) in [6, 6.07) is 4.07. The number of hydrogen-bond acceptors (Lipinski definition) is 5. The van der Waals surface area contributed by atoms with Gasteiger partial charge in [-0.3, -0.25) is 4.99 Å². The number of amidine groups is 1. The number of aliphatic imine (C=N–C) groups is 1. The van der Waals surface area contributed by atoms with Crippen LogP contribution in [0.15, 0.2) is 17.1 Å². The van der Waals surface area contributed by atoms with Crippen molar-refractivity contribution in [2.75, 3.05) is 20.2 Å². The summed E-state index contributed by atoms with van der Waals surface area (Å²) < 4.78 is 5.23. The lowest BCUT2D eigenvalue weighted by Crippen LogP contribution is -2.37. The molecule has 4 nitrogen and oxygen atoms in total. The van der Waals surface area contributed by atoms with Crippen molar-refractivity contribution in [3.05, 3.63) is 23.3 Å². The van der Waals surface area contributed by atoms with Crippen LogP contribution in [0.2, 0.25) is 0 Å². The molecule has 1 aromatic carbocycles. The van der Waals surface area contributed by atoms with Crippen LogP contribution in [0.4, 0.5) is 0 Å². The minimum Gasteiger partial charge on any atom is -0.504 e. The monoisotopic (exact) mass is 292 g/mol. The van der Waals surface area contributed by atoms with Gasteiger partial charge in [0, 0.05) is 11.8 Å². The molecule has 0 spiro atoms. The normalized spacial score (nSPS) is 25.4. The van der Waals surface area contributed by atoms with Gasteiger partial charge in [0.25, 0.3) is 0 Å². The molecule has 1 N–H and O–H groups in total. The number of rotatable bonds is 1. The second kappa shape index (κ2) is 5.20. The minimum atomic E-state index is 0.230. The number of thioether (sulfide) groups is 1. The molecule has 3 rings (SSSR count). The highest BCUT2D eigenvalue weighted by atomic mass is 32.2. The first-order valence-electron chi connectivity index (χ1n) is 6.97. The van der Waals surface area contributed by atoms with Crippen molar-refractivity contribution in [3.63, 3.8) is 0 Å². The molecule has 2 aliphatic rings. The molecule has 2 heterocycles. The van der Waals surface area contributed by atoms with Crippen LogP contribution in [0.5, 0.6) is 11.5 Å². The van der Waals surface area contributed by atoms with E-state index in [4.69, 9.17) is 4.74 Å². The van der Waals surface area contributed by atoms with Crippen molar-refractivity contribution in [1.29, 1.82) is 0 Å². The standard InChI is InChI=1S/C15H20N2O2S/c1-9-8-16-15(20-9)17-5-4-11-6-13(18)14(19-3)7-12(11)10(17)2/h6-7,9-10,18H,4-5,8H2,1-3H3/t9-,10-/m0/s1. The van der Waals surface area contributed by atoms with Crippen LogP contribution in [0.3, 0.4) is 0 Å². The predicted octanol–water partition coefficient (Wildman–Crippen LogP) is 2.81. The van der Waals surface area contributed by atoms with E-state index in [1.165, 1.54) is 11.1 Å². The third-order valence-corrected chi connectivity index (χ3v) is 5.14. The molecule has 0 saturated heterocycles. The summed E-state index contributed by atoms with van der Waals surface area (Å²) in [6.45, 7) is 6.28. The van der Waals surface area contributed by atoms with Gasteiger partial charge in [-0.05, 0) is 36.6 Å². The van der Waals surface area contributed by atoms with Gasteiger partial charge < -0.3 is 14.7 Å². The van der Waals surface area contributed by atoms with Crippen LogP contribution in [0.25, 0.3) is 0 Å². The Kier molecular flexibility index (Phi) is 3.54. The van der Waals surface area contributed by atoms with E-state index >= 15 is 0 Å². The maximum absolute atomic E-state index is 9.90. The molecule has 2 atom stereocenters. The average molecular weight is 292 g/mol. The molecule has 0 unspecified atom stereocenters. The molecule has 2 aliphatic heterocycles. The number of ether oxygens (including phenoxy) is 1. The van der Waals surface area contributed by atoms with E-state index in [1.54, 1.807) is 7.11 Å². The molecule has 0 aliphatic carbocycles. The minimum absolute atomic E-state index is 0.230. The maximum atomic E-state index is 9.90. The summed E-state index contributed by atoms with van der Waals surface area (Å²) in [4.78, 5) is 7.02. The van der Waals surface area contributed by atoms with Gasteiger partial charge in [-0.2, -0.15) is 0 Å². The molecule has 20 heavy (non-hydrogen) atoms. The quantitative estimate of drug-likeness (QED) is 0.864. The fourth-order valence-electron chi connectivity index (χ4n) is 2.88. The molecule has 0 bridgehead atoms. The summed E-state index contributed by atoms with van der Waals surface area (Å²) in [5.41, 5.74) is 2.44. The van der Waals surface area contributed by atoms with E-state index in [9.17, 15) is 5.11 Å². The van der Waals surface area contributed by atoms with E-state index in [1.807, 2.05) is 23.9 Å². The molecule has 5 heteroatoms. The van der Waals surface area contributed by atoms with Gasteiger partial charge in [-0.1, -0.05) is 18.7 Å². The van der Waals surface area contributed by atoms with Gasteiger partial charge in [0.1, 0.15) is 0 Å². The molecule has 0 aromatic heterocycles. The zero-order valence-corrected chi connectivity index (χ0v) is 12.9. The largest absolute Gasteiger partial charge is 0.504 e. The first-order valence-corrected chi connectivity index (χ1v) is 7.85. The summed E-state index contributed by atoms with van der Waals surface area (Å²) in [7, 11) is 1.59. The van der Waals surface area contributed by atoms with Crippen LogP contribution in [0.1, 0.15) is 31.0 Å². The van der Waals surface area contributed by atoms with Crippen LogP contribution in [0, 0.1) is 0 Å². The number of benzene rings is 1. The number of aromatic hydroxyl groups is 1. The molecular formula is C15H20N2O2S. The van der Waals surface area contributed by atoms with Gasteiger partial charge in [0.05, 0.1) is 19.7 Å². The smallest absolute Gasteiger partial charge is 0.160 e. The highest BCUT2D eigenvalue weighted by molar-refractivity contribution is 8.14. The SMILES string of the molecule is COc1cc2c(cc1O)CCN(C1=NC[C@H](C)S1)[C@H]2C. The number of fused-ring (bicyclic) bond motifs is 1. The number of phenolic OH excluding ortho intramolecular Hbond substituents is 1. The van der Waals surface area contributed by atoms with Crippen LogP contribution in [-0.2, 0) is 6.42 Å². The summed E-state index contributed by atoms with van der Waals surface area (Å²) in [5.74, 6) is 0.778. The molecule has 0 saturated carbocycles. The Morgan fingerprint density at radius 1 is 1.40 bits per heavy atom. The fraction of sp³-hybridized carbons (Fsp3) is 0.533. The van der Waals surface area contributed by atoms with E-state index in [0.717, 1.165) is 24.7 Å². The highest BCUT2D eigenvalue weighted by Gasteiger charge is 2.30. The van der Waals surface area contributed by atoms with E-state index in [2.05, 4.69) is 23.7 Å². The number of nitrogens with zero attached hydrogens (tertiary/aromatic N) is 2. The second-order valence-corrected chi connectivity index (χ2v) is 6.80. The molecule has 0 amide bonds. The lowest BCUT2D eigenvalue weighted by Gasteiger charge is -2.36. The van der Waals surface area contributed by atoms with Gasteiger partial charge >= 0.3 is 0 Å². The summed E-state index contributed by atoms with van der Waals surface area (Å²) >= 11 is 1.86. The summed E-state index contributed by atoms with van der Waals surface area (Å²) in [5, 5.41) is 11.6. The lowest BCUT2D eigenvalue weighted by molar-refractivity contribution is 0.319. The van der Waals surface area contributed by atoms with Crippen molar-refractivity contribution < 1.29 is 9.84 Å². The first-order chi connectivity index (χ1) is 9.60. The zero-order valence-electron chi connectivity index (χ0n) is 12.1. The molecule has 108 valence electrons. The number of methoxy groups -OCH3 is 1. The van der Waals surface area contributed by atoms with Crippen molar-refractivity contribution in [2.24, 2.45) is 4.99 Å². The third-order valence-electron chi connectivity index (χ3n) is 4.02. The van der Waals surface area contributed by atoms with Gasteiger partial charge in [-0.25, -0.2) is 0 Å². The Hall–Kier alpha value is -1.36. The van der Waals surface area contributed by atoms with Gasteiger partial charge in [0.2, 0.25) is 0 Å². The van der Waals surface area contributed by atoms with Gasteiger partial charge in [0.15, 0.2) is 16.7 Å². The van der Waals surface area contributed by atoms with Crippen molar-refractivity contribution in [2.45, 2.75) is 31.6 Å². The number of hydrogen-bond donors (Lipinski definition) is 1. The topological polar surface area (TPSA) is 45.1 Å². The molecule has 0 fully saturated rings. The van der Waals surface area contributed by atoms with Gasteiger partial charge in [-0.15, -0.1) is 0 Å². The maximum Gasteiger partial charge on any atom is 0.160 e. The Morgan fingerprint density at radius 3 is 2.85 bits per heavy atom. The van der Waals surface area contributed by atoms with E-state index < -0.39 is 0 Å². The molecular weight excluding hydrogens is 272 g/mol. The Bertz CT molecular complexity index is 559. The zero-order chi connectivity index (χ0) is 14.3. The predicted molar refractivity (Wildman–Crippen MR) is 82.8 cm³/mol. The van der Waals surface area contributed by atoms with E-state index in [-0.39, 0.29) is 11.8 Å². The summed E-state index contributed by atoms with van der Waals surface area (Å²) in [6.07, 6.45) is 0.936. The van der Waals surface area contributed by atoms with Crippen LogP contribution >= 0.6 is 11.8 Å². The molecule has 1 aromatic rings. The number of phenols is 1. The first kappa shape index (κ1) is 13.6. The van der Waals surface area contributed by atoms with E-state index in [0.29, 0.717) is 11.0 Å². The van der Waals surface area contributed by atoms with Crippen molar-refractivity contribution in [1.82, 2.24) is 4.90 Å². The van der Waals surface area contributed by atoms with Crippen molar-refractivity contribution in [3.8, 4) is 11.5 Å². The third kappa shape index (κ3) is 2.24. The average Bonchev–Trinajstić information content (AvgIpc) is 2.85. The highest BCUT2D eigenvalue weighted by Crippen LogP contribution is 2.39. The Balaban J connectivity index is 1.92. The van der Waals surface area contributed by atoms with Crippen LogP contribution < -0.4 is 4.74 Å². The Labute approximate surface area is 123 Å². The Morgan fingerprint density at radius 2 is 2.20 bits per heavy atom. The van der Waals surface area contributed by atoms with Crippen LogP contribution in [-0.4, -0.2) is 40.6 Å².